The predicted molar refractivity (Wildman–Crippen MR) is 63.8 cm³/mol. The molecular formula is C11H14FN3O3. The van der Waals surface area contributed by atoms with Gasteiger partial charge in [0.25, 0.3) is 0 Å². The zero-order chi connectivity index (χ0) is 13.1. The number of anilines is 2. The number of halogens is 1. The van der Waals surface area contributed by atoms with Crippen LogP contribution >= 0.6 is 0 Å². The monoisotopic (exact) mass is 255 g/mol. The first-order valence-electron chi connectivity index (χ1n) is 5.49. The zero-order valence-corrected chi connectivity index (χ0v) is 9.65. The Bertz CT molecular complexity index is 461. The number of hydrogen-bond acceptors (Lipinski definition) is 5. The number of carboxylic acids is 1. The molecule has 1 aliphatic heterocycles. The normalized spacial score (nSPS) is 16.5. The fourth-order valence-corrected chi connectivity index (χ4v) is 1.70. The van der Waals surface area contributed by atoms with E-state index < -0.39 is 17.3 Å². The maximum absolute atomic E-state index is 13.5. The van der Waals surface area contributed by atoms with Gasteiger partial charge in [-0.3, -0.25) is 0 Å². The topological polar surface area (TPSA) is 87.8 Å². The second-order valence-electron chi connectivity index (χ2n) is 3.94. The lowest BCUT2D eigenvalue weighted by molar-refractivity contribution is 0.0497. The van der Waals surface area contributed by atoms with E-state index in [0.717, 1.165) is 12.1 Å². The Kier molecular flexibility index (Phi) is 3.63. The Morgan fingerprint density at radius 3 is 2.72 bits per heavy atom. The number of nitrogen functional groups attached to an aromatic ring is 1. The lowest BCUT2D eigenvalue weighted by Gasteiger charge is -2.28. The molecule has 1 heterocycles. The molecule has 0 unspecified atom stereocenters. The van der Waals surface area contributed by atoms with Crippen LogP contribution in [0, 0.1) is 5.82 Å². The largest absolute Gasteiger partial charge is 0.478 e. The van der Waals surface area contributed by atoms with Crippen LogP contribution in [-0.2, 0) is 4.74 Å². The molecule has 0 spiro atoms. The Morgan fingerprint density at radius 2 is 2.11 bits per heavy atom. The molecule has 0 bridgehead atoms. The van der Waals surface area contributed by atoms with Crippen molar-refractivity contribution in [2.45, 2.75) is 0 Å². The molecule has 0 atom stereocenters. The van der Waals surface area contributed by atoms with E-state index in [1.54, 1.807) is 0 Å². The maximum Gasteiger partial charge on any atom is 0.338 e. The molecule has 1 fully saturated rings. The highest BCUT2D eigenvalue weighted by molar-refractivity contribution is 5.90. The highest BCUT2D eigenvalue weighted by atomic mass is 19.1. The minimum atomic E-state index is -1.34. The van der Waals surface area contributed by atoms with E-state index in [0.29, 0.717) is 32.0 Å². The number of hydrogen-bond donors (Lipinski definition) is 3. The van der Waals surface area contributed by atoms with Crippen LogP contribution in [0.25, 0.3) is 0 Å². The maximum atomic E-state index is 13.5. The van der Waals surface area contributed by atoms with Gasteiger partial charge in [0.2, 0.25) is 0 Å². The van der Waals surface area contributed by atoms with E-state index in [-0.39, 0.29) is 5.69 Å². The van der Waals surface area contributed by atoms with E-state index in [4.69, 9.17) is 15.6 Å². The van der Waals surface area contributed by atoms with Gasteiger partial charge in [0, 0.05) is 19.2 Å². The van der Waals surface area contributed by atoms with Crippen LogP contribution in [0.1, 0.15) is 10.4 Å². The molecule has 1 aromatic carbocycles. The highest BCUT2D eigenvalue weighted by Gasteiger charge is 2.16. The zero-order valence-electron chi connectivity index (χ0n) is 9.65. The van der Waals surface area contributed by atoms with Crippen molar-refractivity contribution in [1.82, 2.24) is 5.01 Å². The number of hydrazine groups is 1. The van der Waals surface area contributed by atoms with Crippen LogP contribution in [0.15, 0.2) is 12.1 Å². The van der Waals surface area contributed by atoms with Crippen molar-refractivity contribution in [2.24, 2.45) is 0 Å². The lowest BCUT2D eigenvalue weighted by atomic mass is 10.1. The Labute approximate surface area is 103 Å². The Hall–Kier alpha value is -1.86. The van der Waals surface area contributed by atoms with Crippen molar-refractivity contribution in [3.05, 3.63) is 23.5 Å². The SMILES string of the molecule is Nc1cc(C(=O)O)c(F)cc1NN1CCOCC1. The minimum Gasteiger partial charge on any atom is -0.478 e. The molecule has 0 saturated carbocycles. The van der Waals surface area contributed by atoms with Gasteiger partial charge in [-0.25, -0.2) is 14.2 Å². The molecule has 98 valence electrons. The summed E-state index contributed by atoms with van der Waals surface area (Å²) >= 11 is 0. The number of aromatic carboxylic acids is 1. The quantitative estimate of drug-likeness (QED) is 0.691. The summed E-state index contributed by atoms with van der Waals surface area (Å²) < 4.78 is 18.7. The van der Waals surface area contributed by atoms with Crippen molar-refractivity contribution in [1.29, 1.82) is 0 Å². The number of carboxylic acid groups (broad SMARTS) is 1. The molecule has 0 aliphatic carbocycles. The number of morpholine rings is 1. The summed E-state index contributed by atoms with van der Waals surface area (Å²) in [5.41, 5.74) is 8.77. The van der Waals surface area contributed by atoms with Crippen LogP contribution in [0.4, 0.5) is 15.8 Å². The third kappa shape index (κ3) is 2.69. The van der Waals surface area contributed by atoms with Crippen molar-refractivity contribution >= 4 is 17.3 Å². The van der Waals surface area contributed by atoms with Crippen molar-refractivity contribution in [2.75, 3.05) is 37.5 Å². The van der Waals surface area contributed by atoms with Crippen molar-refractivity contribution in [3.8, 4) is 0 Å². The van der Waals surface area contributed by atoms with Crippen molar-refractivity contribution in [3.63, 3.8) is 0 Å². The summed E-state index contributed by atoms with van der Waals surface area (Å²) in [6, 6.07) is 2.20. The number of nitrogens with one attached hydrogen (secondary N) is 1. The molecular weight excluding hydrogens is 241 g/mol. The molecule has 1 aromatic rings. The van der Waals surface area contributed by atoms with Crippen LogP contribution in [-0.4, -0.2) is 42.4 Å². The third-order valence-electron chi connectivity index (χ3n) is 2.66. The number of benzene rings is 1. The van der Waals surface area contributed by atoms with Gasteiger partial charge in [0.05, 0.1) is 30.2 Å². The smallest absolute Gasteiger partial charge is 0.338 e. The first kappa shape index (κ1) is 12.6. The molecule has 1 saturated heterocycles. The van der Waals surface area contributed by atoms with Gasteiger partial charge >= 0.3 is 5.97 Å². The van der Waals surface area contributed by atoms with E-state index in [9.17, 15) is 9.18 Å². The molecule has 6 nitrogen and oxygen atoms in total. The van der Waals surface area contributed by atoms with Gasteiger partial charge in [0.1, 0.15) is 5.82 Å². The molecule has 2 rings (SSSR count). The molecule has 7 heteroatoms. The van der Waals surface area contributed by atoms with Gasteiger partial charge in [-0.1, -0.05) is 0 Å². The summed E-state index contributed by atoms with van der Waals surface area (Å²) in [6.45, 7) is 2.48. The number of ether oxygens (including phenoxy) is 1. The average Bonchev–Trinajstić information content (AvgIpc) is 2.34. The minimum absolute atomic E-state index is 0.195. The molecule has 4 N–H and O–H groups in total. The predicted octanol–water partition coefficient (Wildman–Crippen LogP) is 0.765. The molecule has 1 aliphatic rings. The van der Waals surface area contributed by atoms with Gasteiger partial charge in [-0.05, 0) is 6.07 Å². The fraction of sp³-hybridized carbons (Fsp3) is 0.364. The van der Waals surface area contributed by atoms with E-state index in [1.165, 1.54) is 0 Å². The molecule has 0 aromatic heterocycles. The molecule has 18 heavy (non-hydrogen) atoms. The van der Waals surface area contributed by atoms with Crippen LogP contribution in [0.5, 0.6) is 0 Å². The summed E-state index contributed by atoms with van der Waals surface area (Å²) in [4.78, 5) is 10.7. The first-order chi connectivity index (χ1) is 8.58. The van der Waals surface area contributed by atoms with E-state index in [2.05, 4.69) is 5.43 Å². The fourth-order valence-electron chi connectivity index (χ4n) is 1.70. The number of nitrogens with two attached hydrogens (primary N) is 1. The van der Waals surface area contributed by atoms with E-state index in [1.807, 2.05) is 5.01 Å². The number of rotatable bonds is 3. The van der Waals surface area contributed by atoms with Crippen LogP contribution in [0.2, 0.25) is 0 Å². The van der Waals surface area contributed by atoms with Gasteiger partial charge in [0.15, 0.2) is 0 Å². The summed E-state index contributed by atoms with van der Waals surface area (Å²) in [7, 11) is 0. The third-order valence-corrected chi connectivity index (χ3v) is 2.66. The Morgan fingerprint density at radius 1 is 1.44 bits per heavy atom. The van der Waals surface area contributed by atoms with Crippen molar-refractivity contribution < 1.29 is 19.0 Å². The summed E-state index contributed by atoms with van der Waals surface area (Å²) in [5, 5.41) is 10.6. The standard InChI is InChI=1S/C11H14FN3O3/c12-8-6-10(9(13)5-7(8)11(16)17)14-15-1-3-18-4-2-15/h5-6,14H,1-4,13H2,(H,16,17). The Balaban J connectivity index is 2.18. The first-order valence-corrected chi connectivity index (χ1v) is 5.49. The lowest BCUT2D eigenvalue weighted by Crippen LogP contribution is -2.40. The molecule has 0 amide bonds. The summed E-state index contributed by atoms with van der Waals surface area (Å²) in [5.74, 6) is -2.15. The van der Waals surface area contributed by atoms with Gasteiger partial charge < -0.3 is 21.0 Å². The second-order valence-corrected chi connectivity index (χ2v) is 3.94. The van der Waals surface area contributed by atoms with Gasteiger partial charge in [-0.2, -0.15) is 0 Å². The second kappa shape index (κ2) is 5.19. The average molecular weight is 255 g/mol. The number of carbonyl (C=O) groups is 1. The van der Waals surface area contributed by atoms with Crippen LogP contribution in [0.3, 0.4) is 0 Å². The van der Waals surface area contributed by atoms with E-state index >= 15 is 0 Å². The van der Waals surface area contributed by atoms with Gasteiger partial charge in [-0.15, -0.1) is 0 Å². The van der Waals surface area contributed by atoms with Crippen LogP contribution < -0.4 is 11.2 Å². The molecule has 0 radical (unpaired) electrons. The number of nitrogens with zero attached hydrogens (tertiary/aromatic N) is 1. The highest BCUT2D eigenvalue weighted by Crippen LogP contribution is 2.23. The summed E-state index contributed by atoms with van der Waals surface area (Å²) in [6.07, 6.45) is 0.